The second kappa shape index (κ2) is 6.02. The lowest BCUT2D eigenvalue weighted by molar-refractivity contribution is -0.0429. The molecule has 3 aromatic rings. The second-order valence-corrected chi connectivity index (χ2v) is 6.96. The number of nitrogens with one attached hydrogen (secondary N) is 2. The van der Waals surface area contributed by atoms with Crippen LogP contribution in [0.5, 0.6) is 0 Å². The van der Waals surface area contributed by atoms with Crippen LogP contribution in [0.25, 0.3) is 22.3 Å². The summed E-state index contributed by atoms with van der Waals surface area (Å²) >= 11 is 0. The highest BCUT2D eigenvalue weighted by atomic mass is 32.2. The van der Waals surface area contributed by atoms with Crippen LogP contribution in [0.15, 0.2) is 47.3 Å². The van der Waals surface area contributed by atoms with E-state index in [2.05, 4.69) is 9.97 Å². The van der Waals surface area contributed by atoms with Gasteiger partial charge in [-0.2, -0.15) is 21.6 Å². The average molecular weight is 384 g/mol. The number of aromatic amines is 1. The van der Waals surface area contributed by atoms with Crippen molar-refractivity contribution < 1.29 is 21.6 Å². The molecule has 136 valence electrons. The number of nitrogens with two attached hydrogens (primary N) is 1. The standard InChI is InChI=1S/C15H11F3N4O3S/c16-15(17,18)26(24,25)22-12-4-2-1-3-9(12)13-20-11-6-5-8(19)7-10(11)14(23)21-13/h1-7,22H,19H2,(H,20,21,23). The smallest absolute Gasteiger partial charge is 0.399 e. The molecule has 0 bridgehead atoms. The molecule has 0 aliphatic carbocycles. The molecule has 2 aromatic carbocycles. The molecular weight excluding hydrogens is 373 g/mol. The highest BCUT2D eigenvalue weighted by Gasteiger charge is 2.46. The quantitative estimate of drug-likeness (QED) is 0.600. The van der Waals surface area contributed by atoms with Gasteiger partial charge in [0.15, 0.2) is 0 Å². The Balaban J connectivity index is 2.16. The number of anilines is 2. The van der Waals surface area contributed by atoms with E-state index in [1.165, 1.54) is 41.1 Å². The number of hydrogen-bond donors (Lipinski definition) is 3. The van der Waals surface area contributed by atoms with Crippen molar-refractivity contribution in [3.8, 4) is 11.4 Å². The topological polar surface area (TPSA) is 118 Å². The van der Waals surface area contributed by atoms with Crippen LogP contribution >= 0.6 is 0 Å². The van der Waals surface area contributed by atoms with Crippen LogP contribution in [-0.2, 0) is 10.0 Å². The van der Waals surface area contributed by atoms with Crippen molar-refractivity contribution in [1.82, 2.24) is 9.97 Å². The zero-order chi connectivity index (χ0) is 19.1. The third-order valence-corrected chi connectivity index (χ3v) is 4.56. The van der Waals surface area contributed by atoms with E-state index in [-0.39, 0.29) is 28.0 Å². The van der Waals surface area contributed by atoms with Gasteiger partial charge in [-0.25, -0.2) is 4.98 Å². The maximum atomic E-state index is 12.6. The van der Waals surface area contributed by atoms with E-state index in [9.17, 15) is 26.4 Å². The molecule has 0 aliphatic heterocycles. The Bertz CT molecular complexity index is 1160. The lowest BCUT2D eigenvalue weighted by Gasteiger charge is -2.14. The van der Waals surface area contributed by atoms with Gasteiger partial charge in [-0.15, -0.1) is 0 Å². The largest absolute Gasteiger partial charge is 0.516 e. The minimum atomic E-state index is -5.63. The average Bonchev–Trinajstić information content (AvgIpc) is 2.54. The minimum absolute atomic E-state index is 0.0175. The molecule has 0 spiro atoms. The summed E-state index contributed by atoms with van der Waals surface area (Å²) < 4.78 is 62.1. The molecule has 0 atom stereocenters. The van der Waals surface area contributed by atoms with Crippen molar-refractivity contribution in [1.29, 1.82) is 0 Å². The third-order valence-electron chi connectivity index (χ3n) is 3.46. The van der Waals surface area contributed by atoms with E-state index >= 15 is 0 Å². The number of aromatic nitrogens is 2. The summed E-state index contributed by atoms with van der Waals surface area (Å²) in [5.41, 5.74) is -0.226. The van der Waals surface area contributed by atoms with Gasteiger partial charge in [-0.3, -0.25) is 9.52 Å². The number of nitrogen functional groups attached to an aromatic ring is 1. The monoisotopic (exact) mass is 384 g/mol. The number of alkyl halides is 3. The third kappa shape index (κ3) is 3.20. The number of hydrogen-bond acceptors (Lipinski definition) is 5. The summed E-state index contributed by atoms with van der Waals surface area (Å²) in [6.45, 7) is 0. The first-order chi connectivity index (χ1) is 12.1. The highest BCUT2D eigenvalue weighted by Crippen LogP contribution is 2.30. The Labute approximate surface area is 144 Å². The minimum Gasteiger partial charge on any atom is -0.399 e. The predicted octanol–water partition coefficient (Wildman–Crippen LogP) is 2.43. The fourth-order valence-electron chi connectivity index (χ4n) is 2.27. The SMILES string of the molecule is Nc1ccc2nc(-c3ccccc3NS(=O)(=O)C(F)(F)F)[nH]c(=O)c2c1. The lowest BCUT2D eigenvalue weighted by atomic mass is 10.1. The van der Waals surface area contributed by atoms with Gasteiger partial charge in [0.2, 0.25) is 0 Å². The van der Waals surface area contributed by atoms with Crippen molar-refractivity contribution in [2.45, 2.75) is 5.51 Å². The van der Waals surface area contributed by atoms with Crippen molar-refractivity contribution in [3.05, 3.63) is 52.8 Å². The number of rotatable bonds is 3. The Hall–Kier alpha value is -3.08. The molecule has 26 heavy (non-hydrogen) atoms. The van der Waals surface area contributed by atoms with E-state index in [1.807, 2.05) is 0 Å². The molecule has 3 rings (SSSR count). The van der Waals surface area contributed by atoms with E-state index in [1.54, 1.807) is 0 Å². The predicted molar refractivity (Wildman–Crippen MR) is 90.8 cm³/mol. The maximum Gasteiger partial charge on any atom is 0.516 e. The molecule has 0 aliphatic rings. The van der Waals surface area contributed by atoms with Crippen LogP contribution in [-0.4, -0.2) is 23.9 Å². The molecule has 0 amide bonds. The van der Waals surface area contributed by atoms with E-state index in [0.717, 1.165) is 6.07 Å². The van der Waals surface area contributed by atoms with Crippen LogP contribution in [0.4, 0.5) is 24.5 Å². The number of nitrogens with zero attached hydrogens (tertiary/aromatic N) is 1. The number of para-hydroxylation sites is 1. The highest BCUT2D eigenvalue weighted by molar-refractivity contribution is 7.93. The first kappa shape index (κ1) is 17.7. The fraction of sp³-hybridized carbons (Fsp3) is 0.0667. The maximum absolute atomic E-state index is 12.6. The van der Waals surface area contributed by atoms with Crippen molar-refractivity contribution in [2.24, 2.45) is 0 Å². The zero-order valence-corrected chi connectivity index (χ0v) is 13.6. The zero-order valence-electron chi connectivity index (χ0n) is 12.8. The molecule has 1 heterocycles. The molecule has 0 radical (unpaired) electrons. The molecule has 0 unspecified atom stereocenters. The molecule has 1 aromatic heterocycles. The Morgan fingerprint density at radius 1 is 1.12 bits per heavy atom. The van der Waals surface area contributed by atoms with Gasteiger partial charge in [-0.1, -0.05) is 12.1 Å². The first-order valence-corrected chi connectivity index (χ1v) is 8.55. The molecule has 0 saturated heterocycles. The van der Waals surface area contributed by atoms with E-state index < -0.39 is 21.1 Å². The van der Waals surface area contributed by atoms with Crippen LogP contribution in [0.3, 0.4) is 0 Å². The number of benzene rings is 2. The summed E-state index contributed by atoms with van der Waals surface area (Å²) in [6, 6.07) is 9.67. The van der Waals surface area contributed by atoms with Crippen LogP contribution in [0.1, 0.15) is 0 Å². The Kier molecular flexibility index (Phi) is 4.11. The fourth-order valence-corrected chi connectivity index (χ4v) is 2.85. The molecule has 0 fully saturated rings. The van der Waals surface area contributed by atoms with Gasteiger partial charge < -0.3 is 10.7 Å². The van der Waals surface area contributed by atoms with Crippen molar-refractivity contribution in [2.75, 3.05) is 10.5 Å². The van der Waals surface area contributed by atoms with E-state index in [4.69, 9.17) is 5.73 Å². The summed E-state index contributed by atoms with van der Waals surface area (Å²) in [7, 11) is -5.63. The summed E-state index contributed by atoms with van der Waals surface area (Å²) in [4.78, 5) is 18.8. The van der Waals surface area contributed by atoms with Gasteiger partial charge in [0, 0.05) is 11.3 Å². The molecule has 11 heteroatoms. The Morgan fingerprint density at radius 3 is 2.50 bits per heavy atom. The molecule has 0 saturated carbocycles. The summed E-state index contributed by atoms with van der Waals surface area (Å²) in [6.07, 6.45) is 0. The first-order valence-electron chi connectivity index (χ1n) is 7.06. The van der Waals surface area contributed by atoms with Gasteiger partial charge in [0.05, 0.1) is 16.6 Å². The molecular formula is C15H11F3N4O3S. The molecule has 4 N–H and O–H groups in total. The van der Waals surface area contributed by atoms with Crippen molar-refractivity contribution in [3.63, 3.8) is 0 Å². The van der Waals surface area contributed by atoms with Crippen LogP contribution < -0.4 is 16.0 Å². The number of halogens is 3. The summed E-state index contributed by atoms with van der Waals surface area (Å²) in [5.74, 6) is -0.0901. The summed E-state index contributed by atoms with van der Waals surface area (Å²) in [5, 5.41) is 0.196. The van der Waals surface area contributed by atoms with E-state index in [0.29, 0.717) is 5.69 Å². The second-order valence-electron chi connectivity index (χ2n) is 5.29. The Morgan fingerprint density at radius 2 is 1.81 bits per heavy atom. The van der Waals surface area contributed by atoms with Gasteiger partial charge >= 0.3 is 15.5 Å². The van der Waals surface area contributed by atoms with Gasteiger partial charge in [-0.05, 0) is 30.3 Å². The van der Waals surface area contributed by atoms with Gasteiger partial charge in [0.1, 0.15) is 5.82 Å². The number of H-pyrrole nitrogens is 1. The normalized spacial score (nSPS) is 12.3. The number of sulfonamides is 1. The number of fused-ring (bicyclic) bond motifs is 1. The van der Waals surface area contributed by atoms with Crippen LogP contribution in [0, 0.1) is 0 Å². The molecule has 7 nitrogen and oxygen atoms in total. The van der Waals surface area contributed by atoms with Gasteiger partial charge in [0.25, 0.3) is 5.56 Å². The van der Waals surface area contributed by atoms with Crippen molar-refractivity contribution >= 4 is 32.3 Å². The lowest BCUT2D eigenvalue weighted by Crippen LogP contribution is -2.30. The van der Waals surface area contributed by atoms with Crippen LogP contribution in [0.2, 0.25) is 0 Å².